The largest absolute Gasteiger partial charge is 0.497 e. The predicted molar refractivity (Wildman–Crippen MR) is 123 cm³/mol. The molecule has 0 radical (unpaired) electrons. The van der Waals surface area contributed by atoms with Crippen LogP contribution in [0.1, 0.15) is 46.4 Å². The molecule has 0 spiro atoms. The zero-order chi connectivity index (χ0) is 21.3. The molecule has 0 saturated carbocycles. The minimum Gasteiger partial charge on any atom is -0.497 e. The topological polar surface area (TPSA) is 41.6 Å². The van der Waals surface area contributed by atoms with E-state index in [0.717, 1.165) is 34.7 Å². The summed E-state index contributed by atoms with van der Waals surface area (Å²) in [5.41, 5.74) is 6.29. The van der Waals surface area contributed by atoms with Crippen LogP contribution >= 0.6 is 0 Å². The van der Waals surface area contributed by atoms with E-state index in [1.54, 1.807) is 7.11 Å². The standard InChI is InChI=1S/C26H28N2O2/c1-17-5-10-21(11-6-17)27-24-16-19(3)28(25-15-18(2)7-14-23(24)25)26(29)20-8-12-22(30-4)13-9-20/h5-15,19,24,27H,16H2,1-4H3/t19-,24-/m1/s1. The first kappa shape index (κ1) is 20.0. The number of aryl methyl sites for hydroxylation is 2. The third-order valence-electron chi connectivity index (χ3n) is 5.79. The Kier molecular flexibility index (Phi) is 5.49. The maximum atomic E-state index is 13.5. The number of carbonyl (C=O) groups is 1. The van der Waals surface area contributed by atoms with Gasteiger partial charge in [-0.25, -0.2) is 0 Å². The minimum absolute atomic E-state index is 0.0192. The van der Waals surface area contributed by atoms with Crippen LogP contribution in [0.15, 0.2) is 66.7 Å². The van der Waals surface area contributed by atoms with Gasteiger partial charge >= 0.3 is 0 Å². The fourth-order valence-corrected chi connectivity index (χ4v) is 4.14. The monoisotopic (exact) mass is 400 g/mol. The van der Waals surface area contributed by atoms with Crippen LogP contribution in [0, 0.1) is 13.8 Å². The molecule has 1 N–H and O–H groups in total. The Morgan fingerprint density at radius 3 is 2.30 bits per heavy atom. The van der Waals surface area contributed by atoms with E-state index < -0.39 is 0 Å². The Morgan fingerprint density at radius 1 is 0.967 bits per heavy atom. The number of hydrogen-bond acceptors (Lipinski definition) is 3. The summed E-state index contributed by atoms with van der Waals surface area (Å²) in [6.45, 7) is 6.28. The van der Waals surface area contributed by atoms with E-state index in [1.165, 1.54) is 5.56 Å². The van der Waals surface area contributed by atoms with Gasteiger partial charge in [0.15, 0.2) is 0 Å². The van der Waals surface area contributed by atoms with Crippen LogP contribution in [0.2, 0.25) is 0 Å². The number of anilines is 2. The van der Waals surface area contributed by atoms with Gasteiger partial charge in [0, 0.05) is 23.0 Å². The quantitative estimate of drug-likeness (QED) is 0.592. The van der Waals surface area contributed by atoms with Gasteiger partial charge in [0.05, 0.1) is 13.2 Å². The summed E-state index contributed by atoms with van der Waals surface area (Å²) < 4.78 is 5.23. The molecule has 4 heteroatoms. The number of hydrogen-bond donors (Lipinski definition) is 1. The predicted octanol–water partition coefficient (Wildman–Crippen LogP) is 5.90. The van der Waals surface area contributed by atoms with Crippen LogP contribution in [-0.2, 0) is 0 Å². The Hall–Kier alpha value is -3.27. The van der Waals surface area contributed by atoms with Gasteiger partial charge in [0.25, 0.3) is 5.91 Å². The van der Waals surface area contributed by atoms with Gasteiger partial charge in [-0.3, -0.25) is 4.79 Å². The molecular weight excluding hydrogens is 372 g/mol. The van der Waals surface area contributed by atoms with Crippen LogP contribution in [-0.4, -0.2) is 19.1 Å². The Labute approximate surface area is 178 Å². The number of amides is 1. The Balaban J connectivity index is 1.69. The van der Waals surface area contributed by atoms with E-state index >= 15 is 0 Å². The van der Waals surface area contributed by atoms with Crippen molar-refractivity contribution in [3.05, 3.63) is 89.0 Å². The van der Waals surface area contributed by atoms with E-state index in [-0.39, 0.29) is 18.0 Å². The average molecular weight is 401 g/mol. The lowest BCUT2D eigenvalue weighted by molar-refractivity contribution is 0.0974. The second kappa shape index (κ2) is 8.23. The molecule has 0 fully saturated rings. The van der Waals surface area contributed by atoms with Gasteiger partial charge in [0.1, 0.15) is 5.75 Å². The van der Waals surface area contributed by atoms with Gasteiger partial charge in [-0.1, -0.05) is 29.8 Å². The van der Waals surface area contributed by atoms with Crippen LogP contribution in [0.3, 0.4) is 0 Å². The summed E-state index contributed by atoms with van der Waals surface area (Å²) in [5, 5.41) is 3.67. The highest BCUT2D eigenvalue weighted by atomic mass is 16.5. The fraction of sp³-hybridized carbons (Fsp3) is 0.269. The second-order valence-corrected chi connectivity index (χ2v) is 8.11. The highest BCUT2D eigenvalue weighted by Gasteiger charge is 2.34. The Morgan fingerprint density at radius 2 is 1.63 bits per heavy atom. The van der Waals surface area contributed by atoms with Crippen molar-refractivity contribution in [2.24, 2.45) is 0 Å². The molecule has 1 aliphatic heterocycles. The van der Waals surface area contributed by atoms with Crippen molar-refractivity contribution in [1.82, 2.24) is 0 Å². The molecule has 1 aliphatic rings. The molecule has 4 rings (SSSR count). The number of nitrogens with one attached hydrogen (secondary N) is 1. The fourth-order valence-electron chi connectivity index (χ4n) is 4.14. The molecule has 0 aromatic heterocycles. The molecule has 1 amide bonds. The van der Waals surface area contributed by atoms with Crippen LogP contribution in [0.5, 0.6) is 5.75 Å². The van der Waals surface area contributed by atoms with Gasteiger partial charge in [-0.05, 0) is 80.8 Å². The van der Waals surface area contributed by atoms with Crippen LogP contribution in [0.25, 0.3) is 0 Å². The maximum absolute atomic E-state index is 13.5. The summed E-state index contributed by atoms with van der Waals surface area (Å²) in [6.07, 6.45) is 0.839. The zero-order valence-corrected chi connectivity index (χ0v) is 18.0. The Bertz CT molecular complexity index is 1040. The minimum atomic E-state index is 0.0192. The molecule has 0 saturated heterocycles. The molecular formula is C26H28N2O2. The number of carbonyl (C=O) groups excluding carboxylic acids is 1. The average Bonchev–Trinajstić information content (AvgIpc) is 2.75. The molecule has 4 nitrogen and oxygen atoms in total. The summed E-state index contributed by atoms with van der Waals surface area (Å²) in [7, 11) is 1.63. The number of nitrogens with zero attached hydrogens (tertiary/aromatic N) is 1. The van der Waals surface area contributed by atoms with Crippen molar-refractivity contribution in [2.75, 3.05) is 17.3 Å². The van der Waals surface area contributed by atoms with Crippen molar-refractivity contribution < 1.29 is 9.53 Å². The lowest BCUT2D eigenvalue weighted by Gasteiger charge is -2.40. The summed E-state index contributed by atoms with van der Waals surface area (Å²) in [4.78, 5) is 15.4. The third kappa shape index (κ3) is 3.90. The number of benzene rings is 3. The summed E-state index contributed by atoms with van der Waals surface area (Å²) in [5.74, 6) is 0.766. The molecule has 3 aromatic rings. The van der Waals surface area contributed by atoms with Gasteiger partial charge in [-0.2, -0.15) is 0 Å². The van der Waals surface area contributed by atoms with Crippen molar-refractivity contribution in [3.8, 4) is 5.75 Å². The van der Waals surface area contributed by atoms with Crippen molar-refractivity contribution in [3.63, 3.8) is 0 Å². The molecule has 30 heavy (non-hydrogen) atoms. The van der Waals surface area contributed by atoms with E-state index in [2.05, 4.69) is 68.6 Å². The van der Waals surface area contributed by atoms with E-state index in [4.69, 9.17) is 4.74 Å². The van der Waals surface area contributed by atoms with Gasteiger partial charge in [0.2, 0.25) is 0 Å². The second-order valence-electron chi connectivity index (χ2n) is 8.11. The normalized spacial score (nSPS) is 17.9. The first-order valence-electron chi connectivity index (χ1n) is 10.4. The molecule has 3 aromatic carbocycles. The van der Waals surface area contributed by atoms with Gasteiger partial charge in [-0.15, -0.1) is 0 Å². The van der Waals surface area contributed by atoms with Crippen molar-refractivity contribution in [2.45, 2.75) is 39.3 Å². The number of fused-ring (bicyclic) bond motifs is 1. The SMILES string of the molecule is COc1ccc(C(=O)N2c3cc(C)ccc3[C@H](Nc3ccc(C)cc3)C[C@H]2C)cc1. The molecule has 2 atom stereocenters. The summed E-state index contributed by atoms with van der Waals surface area (Å²) in [6, 6.07) is 22.4. The van der Waals surface area contributed by atoms with Crippen LogP contribution in [0.4, 0.5) is 11.4 Å². The lowest BCUT2D eigenvalue weighted by Crippen LogP contribution is -2.44. The smallest absolute Gasteiger partial charge is 0.258 e. The van der Waals surface area contributed by atoms with E-state index in [1.807, 2.05) is 29.2 Å². The molecule has 0 unspecified atom stereocenters. The molecule has 0 bridgehead atoms. The highest BCUT2D eigenvalue weighted by molar-refractivity contribution is 6.07. The highest BCUT2D eigenvalue weighted by Crippen LogP contribution is 2.40. The first-order chi connectivity index (χ1) is 14.5. The zero-order valence-electron chi connectivity index (χ0n) is 18.0. The van der Waals surface area contributed by atoms with Crippen LogP contribution < -0.4 is 15.0 Å². The first-order valence-corrected chi connectivity index (χ1v) is 10.4. The van der Waals surface area contributed by atoms with Crippen molar-refractivity contribution in [1.29, 1.82) is 0 Å². The van der Waals surface area contributed by atoms with Crippen molar-refractivity contribution >= 4 is 17.3 Å². The number of rotatable bonds is 4. The molecule has 1 heterocycles. The van der Waals surface area contributed by atoms with E-state index in [0.29, 0.717) is 5.56 Å². The van der Waals surface area contributed by atoms with Gasteiger partial charge < -0.3 is 15.0 Å². The van der Waals surface area contributed by atoms with E-state index in [9.17, 15) is 4.79 Å². The number of methoxy groups -OCH3 is 1. The third-order valence-corrected chi connectivity index (χ3v) is 5.79. The summed E-state index contributed by atoms with van der Waals surface area (Å²) >= 11 is 0. The maximum Gasteiger partial charge on any atom is 0.258 e. The molecule has 154 valence electrons. The lowest BCUT2D eigenvalue weighted by atomic mass is 9.90. The number of ether oxygens (including phenoxy) is 1. The molecule has 0 aliphatic carbocycles.